The van der Waals surface area contributed by atoms with Crippen molar-refractivity contribution in [3.8, 4) is 0 Å². The summed E-state index contributed by atoms with van der Waals surface area (Å²) in [6, 6.07) is 0. The van der Waals surface area contributed by atoms with E-state index < -0.39 is 0 Å². The summed E-state index contributed by atoms with van der Waals surface area (Å²) in [5.41, 5.74) is 0. The molecule has 2 aliphatic heterocycles. The first-order valence-corrected chi connectivity index (χ1v) is 7.16. The normalized spacial score (nSPS) is 20.4. The van der Waals surface area contributed by atoms with E-state index in [9.17, 15) is 9.59 Å². The highest BCUT2D eigenvalue weighted by atomic mass is 16.5. The van der Waals surface area contributed by atoms with E-state index in [1.165, 1.54) is 0 Å². The standard InChI is InChI=1S/C14H22N2O4/c17-13(15-5-9-19-10-6-15)3-1-2-4-14(18)16-7-11-20-12-8-16/h1,3H,2,4-12H2/b3-1+. The summed E-state index contributed by atoms with van der Waals surface area (Å²) >= 11 is 0. The summed E-state index contributed by atoms with van der Waals surface area (Å²) in [5, 5.41) is 0. The molecule has 0 aromatic heterocycles. The van der Waals surface area contributed by atoms with E-state index in [0.717, 1.165) is 0 Å². The number of hydrogen-bond acceptors (Lipinski definition) is 4. The van der Waals surface area contributed by atoms with Crippen LogP contribution >= 0.6 is 0 Å². The predicted molar refractivity (Wildman–Crippen MR) is 73.2 cm³/mol. The van der Waals surface area contributed by atoms with Gasteiger partial charge in [0.05, 0.1) is 26.4 Å². The first-order chi connectivity index (χ1) is 9.77. The van der Waals surface area contributed by atoms with Crippen LogP contribution in [0.5, 0.6) is 0 Å². The first-order valence-electron chi connectivity index (χ1n) is 7.16. The fourth-order valence-corrected chi connectivity index (χ4v) is 2.25. The van der Waals surface area contributed by atoms with Crippen molar-refractivity contribution >= 4 is 11.8 Å². The minimum atomic E-state index is 0.00659. The Balaban J connectivity index is 1.65. The molecule has 2 saturated heterocycles. The van der Waals surface area contributed by atoms with Gasteiger partial charge in [-0.05, 0) is 12.5 Å². The summed E-state index contributed by atoms with van der Waals surface area (Å²) in [7, 11) is 0. The molecule has 2 rings (SSSR count). The van der Waals surface area contributed by atoms with Crippen LogP contribution in [0.4, 0.5) is 0 Å². The molecule has 0 bridgehead atoms. The van der Waals surface area contributed by atoms with Crippen LogP contribution in [0, 0.1) is 0 Å². The lowest BCUT2D eigenvalue weighted by molar-refractivity contribution is -0.135. The molecule has 0 atom stereocenters. The molecule has 6 heteroatoms. The third-order valence-electron chi connectivity index (χ3n) is 3.47. The molecule has 112 valence electrons. The van der Waals surface area contributed by atoms with Crippen molar-refractivity contribution in [2.75, 3.05) is 52.6 Å². The number of nitrogens with zero attached hydrogens (tertiary/aromatic N) is 2. The molecular formula is C14H22N2O4. The van der Waals surface area contributed by atoms with Crippen LogP contribution in [-0.4, -0.2) is 74.2 Å². The van der Waals surface area contributed by atoms with Gasteiger partial charge in [-0.1, -0.05) is 6.08 Å². The fraction of sp³-hybridized carbons (Fsp3) is 0.714. The van der Waals surface area contributed by atoms with Gasteiger partial charge in [-0.2, -0.15) is 0 Å². The Labute approximate surface area is 119 Å². The third kappa shape index (κ3) is 4.61. The quantitative estimate of drug-likeness (QED) is 0.683. The number of carbonyl (C=O) groups is 2. The third-order valence-corrected chi connectivity index (χ3v) is 3.47. The monoisotopic (exact) mass is 282 g/mol. The Bertz CT molecular complexity index is 358. The van der Waals surface area contributed by atoms with Crippen LogP contribution in [0.25, 0.3) is 0 Å². The van der Waals surface area contributed by atoms with Crippen LogP contribution in [0.2, 0.25) is 0 Å². The average molecular weight is 282 g/mol. The zero-order valence-corrected chi connectivity index (χ0v) is 11.8. The van der Waals surface area contributed by atoms with Gasteiger partial charge in [0.2, 0.25) is 11.8 Å². The van der Waals surface area contributed by atoms with Crippen LogP contribution < -0.4 is 0 Å². The molecular weight excluding hydrogens is 260 g/mol. The maximum Gasteiger partial charge on any atom is 0.246 e. The smallest absolute Gasteiger partial charge is 0.246 e. The maximum absolute atomic E-state index is 11.9. The first kappa shape index (κ1) is 15.0. The Hall–Kier alpha value is -1.40. The van der Waals surface area contributed by atoms with E-state index in [4.69, 9.17) is 9.47 Å². The van der Waals surface area contributed by atoms with E-state index in [1.54, 1.807) is 17.1 Å². The van der Waals surface area contributed by atoms with E-state index >= 15 is 0 Å². The molecule has 20 heavy (non-hydrogen) atoms. The minimum Gasteiger partial charge on any atom is -0.378 e. The maximum atomic E-state index is 11.9. The molecule has 2 amide bonds. The lowest BCUT2D eigenvalue weighted by Crippen LogP contribution is -2.40. The summed E-state index contributed by atoms with van der Waals surface area (Å²) in [5.74, 6) is 0.142. The molecule has 0 saturated carbocycles. The molecule has 2 aliphatic rings. The Morgan fingerprint density at radius 1 is 0.900 bits per heavy atom. The highest BCUT2D eigenvalue weighted by Gasteiger charge is 2.16. The molecule has 6 nitrogen and oxygen atoms in total. The van der Waals surface area contributed by atoms with Crippen molar-refractivity contribution in [2.24, 2.45) is 0 Å². The lowest BCUT2D eigenvalue weighted by atomic mass is 10.2. The van der Waals surface area contributed by atoms with Crippen LogP contribution in [0.15, 0.2) is 12.2 Å². The predicted octanol–water partition coefficient (Wildman–Crippen LogP) is 0.0404. The van der Waals surface area contributed by atoms with Crippen LogP contribution in [0.3, 0.4) is 0 Å². The number of hydrogen-bond donors (Lipinski definition) is 0. The zero-order chi connectivity index (χ0) is 14.2. The lowest BCUT2D eigenvalue weighted by Gasteiger charge is -2.26. The zero-order valence-electron chi connectivity index (χ0n) is 11.8. The number of morpholine rings is 2. The number of rotatable bonds is 4. The van der Waals surface area contributed by atoms with Crippen molar-refractivity contribution in [2.45, 2.75) is 12.8 Å². The van der Waals surface area contributed by atoms with Gasteiger partial charge in [-0.15, -0.1) is 0 Å². The topological polar surface area (TPSA) is 59.1 Å². The second-order valence-electron chi connectivity index (χ2n) is 4.87. The number of allylic oxidation sites excluding steroid dienone is 1. The average Bonchev–Trinajstić information content (AvgIpc) is 2.53. The molecule has 0 aliphatic carbocycles. The molecule has 0 radical (unpaired) electrons. The molecule has 0 aromatic carbocycles. The van der Waals surface area contributed by atoms with Crippen molar-refractivity contribution in [1.82, 2.24) is 9.80 Å². The van der Waals surface area contributed by atoms with Crippen molar-refractivity contribution in [3.05, 3.63) is 12.2 Å². The molecule has 0 aromatic rings. The highest BCUT2D eigenvalue weighted by Crippen LogP contribution is 2.04. The van der Waals surface area contributed by atoms with Crippen LogP contribution in [0.1, 0.15) is 12.8 Å². The van der Waals surface area contributed by atoms with Crippen molar-refractivity contribution < 1.29 is 19.1 Å². The summed E-state index contributed by atoms with van der Waals surface area (Å²) < 4.78 is 10.4. The fourth-order valence-electron chi connectivity index (χ4n) is 2.25. The minimum absolute atomic E-state index is 0.00659. The second kappa shape index (κ2) is 8.01. The molecule has 2 heterocycles. The van der Waals surface area contributed by atoms with Gasteiger partial charge in [0, 0.05) is 32.6 Å². The number of amides is 2. The number of carbonyl (C=O) groups excluding carboxylic acids is 2. The largest absolute Gasteiger partial charge is 0.378 e. The summed E-state index contributed by atoms with van der Waals surface area (Å²) in [4.78, 5) is 27.3. The summed E-state index contributed by atoms with van der Waals surface area (Å²) in [6.07, 6.45) is 4.41. The molecule has 0 unspecified atom stereocenters. The van der Waals surface area contributed by atoms with Crippen LogP contribution in [-0.2, 0) is 19.1 Å². The Morgan fingerprint density at radius 3 is 2.05 bits per heavy atom. The molecule has 0 spiro atoms. The van der Waals surface area contributed by atoms with Gasteiger partial charge < -0.3 is 19.3 Å². The molecule has 0 N–H and O–H groups in total. The highest BCUT2D eigenvalue weighted by molar-refractivity contribution is 5.87. The Kier molecular flexibility index (Phi) is 6.01. The van der Waals surface area contributed by atoms with E-state index in [1.807, 2.05) is 4.90 Å². The van der Waals surface area contributed by atoms with Crippen molar-refractivity contribution in [1.29, 1.82) is 0 Å². The van der Waals surface area contributed by atoms with Crippen molar-refractivity contribution in [3.63, 3.8) is 0 Å². The van der Waals surface area contributed by atoms with Gasteiger partial charge >= 0.3 is 0 Å². The van der Waals surface area contributed by atoms with Gasteiger partial charge in [0.15, 0.2) is 0 Å². The number of ether oxygens (including phenoxy) is 2. The van der Waals surface area contributed by atoms with Gasteiger partial charge in [-0.3, -0.25) is 9.59 Å². The van der Waals surface area contributed by atoms with Gasteiger partial charge in [0.1, 0.15) is 0 Å². The van der Waals surface area contributed by atoms with E-state index in [-0.39, 0.29) is 11.8 Å². The van der Waals surface area contributed by atoms with Gasteiger partial charge in [-0.25, -0.2) is 0 Å². The Morgan fingerprint density at radius 2 is 1.45 bits per heavy atom. The SMILES string of the molecule is O=C(/C=C/CCC(=O)N1CCOCC1)N1CCOCC1. The van der Waals surface area contributed by atoms with Gasteiger partial charge in [0.25, 0.3) is 0 Å². The second-order valence-corrected chi connectivity index (χ2v) is 4.87. The molecule has 2 fully saturated rings. The van der Waals surface area contributed by atoms with E-state index in [0.29, 0.717) is 65.4 Å². The van der Waals surface area contributed by atoms with E-state index in [2.05, 4.69) is 0 Å². The summed E-state index contributed by atoms with van der Waals surface area (Å²) in [6.45, 7) is 5.11.